The minimum absolute atomic E-state index is 0.0233. The average Bonchev–Trinajstić information content (AvgIpc) is 3.46. The lowest BCUT2D eigenvalue weighted by Gasteiger charge is -2.35. The van der Waals surface area contributed by atoms with Crippen molar-refractivity contribution in [1.29, 1.82) is 0 Å². The van der Waals surface area contributed by atoms with Gasteiger partial charge in [-0.1, -0.05) is 30.7 Å². The molecule has 0 spiro atoms. The van der Waals surface area contributed by atoms with E-state index in [2.05, 4.69) is 20.3 Å². The first-order chi connectivity index (χ1) is 21.9. The van der Waals surface area contributed by atoms with Gasteiger partial charge in [0.25, 0.3) is 0 Å². The first-order valence-electron chi connectivity index (χ1n) is 15.1. The van der Waals surface area contributed by atoms with E-state index in [-0.39, 0.29) is 41.7 Å². The van der Waals surface area contributed by atoms with Gasteiger partial charge in [-0.25, -0.2) is 32.5 Å². The fourth-order valence-electron chi connectivity index (χ4n) is 5.59. The molecule has 3 aromatic rings. The molecule has 2 aromatic heterocycles. The zero-order valence-electron chi connectivity index (χ0n) is 26.7. The molecule has 16 heteroatoms. The predicted octanol–water partition coefficient (Wildman–Crippen LogP) is 6.46. The van der Waals surface area contributed by atoms with Crippen molar-refractivity contribution in [3.05, 3.63) is 59.1 Å². The molecule has 1 amide bonds. The predicted molar refractivity (Wildman–Crippen MR) is 172 cm³/mol. The Bertz CT molecular complexity index is 1790. The van der Waals surface area contributed by atoms with Gasteiger partial charge in [0, 0.05) is 38.1 Å². The summed E-state index contributed by atoms with van der Waals surface area (Å²) in [6.45, 7) is 8.28. The van der Waals surface area contributed by atoms with Crippen LogP contribution < -0.4 is 5.32 Å². The van der Waals surface area contributed by atoms with E-state index >= 15 is 0 Å². The molecular formula is C31H37ClF3N7O4S. The largest absolute Gasteiger partial charge is 0.443 e. The highest BCUT2D eigenvalue weighted by Crippen LogP contribution is 2.37. The van der Waals surface area contributed by atoms with Gasteiger partial charge in [-0.2, -0.15) is 13.2 Å². The van der Waals surface area contributed by atoms with Gasteiger partial charge in [0.2, 0.25) is 16.0 Å². The summed E-state index contributed by atoms with van der Waals surface area (Å²) in [5.41, 5.74) is -0.368. The second kappa shape index (κ2) is 13.1. The number of benzene rings is 1. The number of sulfonamides is 1. The van der Waals surface area contributed by atoms with Gasteiger partial charge in [0.05, 0.1) is 22.7 Å². The Morgan fingerprint density at radius 3 is 2.53 bits per heavy atom. The highest BCUT2D eigenvalue weighted by molar-refractivity contribution is 7.88. The summed E-state index contributed by atoms with van der Waals surface area (Å²) >= 11 is 6.69. The van der Waals surface area contributed by atoms with Crippen molar-refractivity contribution in [2.75, 3.05) is 31.2 Å². The quantitative estimate of drug-likeness (QED) is 0.312. The topological polar surface area (TPSA) is 123 Å². The molecule has 0 saturated carbocycles. The number of anilines is 1. The summed E-state index contributed by atoms with van der Waals surface area (Å²) < 4.78 is 74.6. The van der Waals surface area contributed by atoms with Crippen molar-refractivity contribution < 1.29 is 31.1 Å². The number of piperidine rings is 1. The van der Waals surface area contributed by atoms with E-state index in [1.54, 1.807) is 43.9 Å². The summed E-state index contributed by atoms with van der Waals surface area (Å²) in [5, 5.41) is 3.38. The molecule has 2 aliphatic rings. The third kappa shape index (κ3) is 8.07. The molecule has 4 heterocycles. The number of aromatic nitrogens is 4. The van der Waals surface area contributed by atoms with Crippen LogP contribution in [0.15, 0.2) is 43.0 Å². The number of nitrogens with zero attached hydrogens (tertiary/aromatic N) is 6. The summed E-state index contributed by atoms with van der Waals surface area (Å²) in [7, 11) is -3.36. The van der Waals surface area contributed by atoms with Crippen LogP contribution in [0.1, 0.15) is 58.1 Å². The van der Waals surface area contributed by atoms with Gasteiger partial charge in [-0.15, -0.1) is 0 Å². The van der Waals surface area contributed by atoms with Crippen molar-refractivity contribution in [3.63, 3.8) is 0 Å². The van der Waals surface area contributed by atoms with Crippen molar-refractivity contribution in [3.8, 4) is 17.1 Å². The molecule has 11 nitrogen and oxygen atoms in total. The Labute approximate surface area is 276 Å². The van der Waals surface area contributed by atoms with E-state index in [0.717, 1.165) is 25.3 Å². The lowest BCUT2D eigenvalue weighted by Crippen LogP contribution is -2.47. The number of nitrogens with one attached hydrogen (secondary N) is 1. The zero-order chi connectivity index (χ0) is 34.3. The number of imidazole rings is 1. The minimum Gasteiger partial charge on any atom is -0.443 e. The van der Waals surface area contributed by atoms with E-state index in [4.69, 9.17) is 16.3 Å². The molecule has 2 atom stereocenters. The number of halogens is 4. The number of allylic oxidation sites excluding steroid dienone is 1. The van der Waals surface area contributed by atoms with Crippen LogP contribution in [-0.2, 0) is 20.9 Å². The number of amides is 1. The summed E-state index contributed by atoms with van der Waals surface area (Å²) in [6, 6.07) is 4.92. The molecule has 1 saturated heterocycles. The SMILES string of the molecule is C[C@@H]1CN(S(C)(=O)=O)CC[C@@H]1Nc1ncc(C(F)(F)F)c(-c2cn(-c3ccc(C4=CCCCN4C(=O)OC(C)(C)C)cc3Cl)cn2)n1. The lowest BCUT2D eigenvalue weighted by molar-refractivity contribution is -0.137. The number of hydrogen-bond acceptors (Lipinski definition) is 8. The highest BCUT2D eigenvalue weighted by Gasteiger charge is 2.37. The van der Waals surface area contributed by atoms with Gasteiger partial charge in [-0.05, 0) is 63.6 Å². The van der Waals surface area contributed by atoms with Crippen LogP contribution in [0.3, 0.4) is 0 Å². The second-order valence-corrected chi connectivity index (χ2v) is 15.2. The average molecular weight is 696 g/mol. The van der Waals surface area contributed by atoms with E-state index < -0.39 is 39.2 Å². The van der Waals surface area contributed by atoms with Crippen molar-refractivity contribution in [2.45, 2.75) is 64.8 Å². The molecule has 254 valence electrons. The number of carbonyl (C=O) groups is 1. The van der Waals surface area contributed by atoms with Crippen molar-refractivity contribution in [2.24, 2.45) is 5.92 Å². The van der Waals surface area contributed by atoms with Crippen LogP contribution in [0.5, 0.6) is 0 Å². The Kier molecular flexibility index (Phi) is 9.64. The standard InChI is InChI=1S/C31H37ClF3N7O4S/c1-19-16-41(47(5,44)45)13-11-23(19)38-28-36-15-21(31(33,34)35)27(39-28)24-17-40(18-37-24)26-10-9-20(14-22(26)32)25-8-6-7-12-42(25)29(43)46-30(2,3)4/h8-10,14-15,17-19,23H,6-7,11-13,16H2,1-5H3,(H,36,38,39)/t19-,23+/m1/s1. The van der Waals surface area contributed by atoms with E-state index in [1.165, 1.54) is 21.4 Å². The Morgan fingerprint density at radius 2 is 1.89 bits per heavy atom. The van der Waals surface area contributed by atoms with Crippen molar-refractivity contribution in [1.82, 2.24) is 28.7 Å². The maximum atomic E-state index is 14.1. The van der Waals surface area contributed by atoms with E-state index in [0.29, 0.717) is 29.9 Å². The highest BCUT2D eigenvalue weighted by atomic mass is 35.5. The maximum Gasteiger partial charge on any atom is 0.420 e. The number of rotatable bonds is 6. The monoisotopic (exact) mass is 695 g/mol. The normalized spacial score (nSPS) is 19.8. The fourth-order valence-corrected chi connectivity index (χ4v) is 6.82. The number of hydrogen-bond donors (Lipinski definition) is 1. The molecule has 0 unspecified atom stereocenters. The maximum absolute atomic E-state index is 14.1. The Balaban J connectivity index is 1.40. The van der Waals surface area contributed by atoms with Gasteiger partial charge >= 0.3 is 12.3 Å². The van der Waals surface area contributed by atoms with Gasteiger partial charge in [0.1, 0.15) is 28.9 Å². The van der Waals surface area contributed by atoms with Gasteiger partial charge < -0.3 is 14.6 Å². The van der Waals surface area contributed by atoms with Gasteiger partial charge in [-0.3, -0.25) is 4.90 Å². The van der Waals surface area contributed by atoms with Crippen LogP contribution in [0, 0.1) is 5.92 Å². The first kappa shape index (κ1) is 34.6. The van der Waals surface area contributed by atoms with Crippen molar-refractivity contribution >= 4 is 39.4 Å². The molecule has 0 radical (unpaired) electrons. The number of ether oxygens (including phenoxy) is 1. The van der Waals surface area contributed by atoms with Crippen LogP contribution in [0.4, 0.5) is 23.9 Å². The molecular weight excluding hydrogens is 659 g/mol. The summed E-state index contributed by atoms with van der Waals surface area (Å²) in [4.78, 5) is 26.9. The molecule has 1 fully saturated rings. The number of alkyl halides is 3. The van der Waals surface area contributed by atoms with Gasteiger partial charge in [0.15, 0.2) is 0 Å². The molecule has 5 rings (SSSR count). The first-order valence-corrected chi connectivity index (χ1v) is 17.3. The molecule has 1 aromatic carbocycles. The summed E-state index contributed by atoms with van der Waals surface area (Å²) in [5.74, 6) is -0.164. The van der Waals surface area contributed by atoms with Crippen LogP contribution in [-0.4, -0.2) is 80.8 Å². The molecule has 2 aliphatic heterocycles. The van der Waals surface area contributed by atoms with Crippen LogP contribution in [0.2, 0.25) is 5.02 Å². The Morgan fingerprint density at radius 1 is 1.15 bits per heavy atom. The third-order valence-corrected chi connectivity index (χ3v) is 9.49. The molecule has 47 heavy (non-hydrogen) atoms. The van der Waals surface area contributed by atoms with E-state index in [9.17, 15) is 26.4 Å². The molecule has 0 bridgehead atoms. The number of carbonyl (C=O) groups excluding carboxylic acids is 1. The summed E-state index contributed by atoms with van der Waals surface area (Å²) in [6.07, 6.45) is 3.35. The molecule has 0 aliphatic carbocycles. The minimum atomic E-state index is -4.75. The molecule has 1 N–H and O–H groups in total. The fraction of sp³-hybridized carbons (Fsp3) is 0.484. The second-order valence-electron chi connectivity index (χ2n) is 12.8. The van der Waals surface area contributed by atoms with E-state index in [1.807, 2.05) is 13.0 Å². The Hall–Kier alpha value is -3.69. The third-order valence-electron chi connectivity index (χ3n) is 7.92. The zero-order valence-corrected chi connectivity index (χ0v) is 28.2. The van der Waals surface area contributed by atoms with Crippen LogP contribution >= 0.6 is 11.6 Å². The van der Waals surface area contributed by atoms with Crippen LogP contribution in [0.25, 0.3) is 22.8 Å². The smallest absolute Gasteiger partial charge is 0.420 e. The lowest BCUT2D eigenvalue weighted by atomic mass is 9.95.